The summed E-state index contributed by atoms with van der Waals surface area (Å²) in [5, 5.41) is 6.33. The molecule has 18 heavy (non-hydrogen) atoms. The zero-order valence-electron chi connectivity index (χ0n) is 11.1. The van der Waals surface area contributed by atoms with Gasteiger partial charge in [-0.25, -0.2) is 0 Å². The number of anilines is 2. The van der Waals surface area contributed by atoms with E-state index in [2.05, 4.69) is 22.6 Å². The van der Waals surface area contributed by atoms with Gasteiger partial charge in [-0.1, -0.05) is 6.07 Å². The van der Waals surface area contributed by atoms with Gasteiger partial charge in [0.1, 0.15) is 0 Å². The van der Waals surface area contributed by atoms with Gasteiger partial charge in [-0.3, -0.25) is 4.79 Å². The van der Waals surface area contributed by atoms with Crippen molar-refractivity contribution in [3.8, 4) is 0 Å². The average Bonchev–Trinajstić information content (AvgIpc) is 2.28. The lowest BCUT2D eigenvalue weighted by atomic mass is 10.1. The fourth-order valence-electron chi connectivity index (χ4n) is 2.41. The van der Waals surface area contributed by atoms with Crippen LogP contribution in [-0.2, 0) is 4.79 Å². The fraction of sp³-hybridized carbons (Fsp3) is 0.500. The zero-order valence-corrected chi connectivity index (χ0v) is 11.1. The molecule has 98 valence electrons. The largest absolute Gasteiger partial charge is 0.381 e. The second kappa shape index (κ2) is 5.87. The van der Waals surface area contributed by atoms with Gasteiger partial charge in [-0.15, -0.1) is 0 Å². The second-order valence-electron chi connectivity index (χ2n) is 5.01. The summed E-state index contributed by atoms with van der Waals surface area (Å²) in [6.07, 6.45) is 2.44. The Bertz CT molecular complexity index is 419. The highest BCUT2D eigenvalue weighted by atomic mass is 16.1. The van der Waals surface area contributed by atoms with Crippen LogP contribution < -0.4 is 10.6 Å². The number of carbonyl (C=O) groups is 1. The van der Waals surface area contributed by atoms with E-state index in [-0.39, 0.29) is 5.91 Å². The first-order chi connectivity index (χ1) is 8.63. The number of hydrogen-bond acceptors (Lipinski definition) is 3. The summed E-state index contributed by atoms with van der Waals surface area (Å²) in [4.78, 5) is 13.4. The predicted molar refractivity (Wildman–Crippen MR) is 74.9 cm³/mol. The molecule has 0 saturated carbocycles. The Morgan fingerprint density at radius 3 is 2.89 bits per heavy atom. The Morgan fingerprint density at radius 1 is 1.39 bits per heavy atom. The minimum Gasteiger partial charge on any atom is -0.381 e. The lowest BCUT2D eigenvalue weighted by molar-refractivity contribution is -0.114. The molecule has 2 rings (SSSR count). The normalized spacial score (nSPS) is 20.4. The Balaban J connectivity index is 1.98. The van der Waals surface area contributed by atoms with Gasteiger partial charge >= 0.3 is 0 Å². The third-order valence-electron chi connectivity index (χ3n) is 3.18. The Morgan fingerprint density at radius 2 is 2.17 bits per heavy atom. The number of benzene rings is 1. The van der Waals surface area contributed by atoms with Gasteiger partial charge in [0.25, 0.3) is 0 Å². The van der Waals surface area contributed by atoms with E-state index in [0.29, 0.717) is 6.04 Å². The molecule has 0 radical (unpaired) electrons. The lowest BCUT2D eigenvalue weighted by Gasteiger charge is -2.31. The van der Waals surface area contributed by atoms with E-state index in [4.69, 9.17) is 0 Å². The van der Waals surface area contributed by atoms with Crippen molar-refractivity contribution in [1.29, 1.82) is 0 Å². The van der Waals surface area contributed by atoms with Gasteiger partial charge in [0, 0.05) is 30.9 Å². The summed E-state index contributed by atoms with van der Waals surface area (Å²) in [6, 6.07) is 8.38. The molecule has 4 nitrogen and oxygen atoms in total. The molecular formula is C14H21N3O. The number of nitrogens with one attached hydrogen (secondary N) is 2. The minimum absolute atomic E-state index is 0.0375. The number of carbonyl (C=O) groups excluding carboxylic acids is 1. The van der Waals surface area contributed by atoms with Crippen LogP contribution in [0.2, 0.25) is 0 Å². The monoisotopic (exact) mass is 247 g/mol. The first-order valence-corrected chi connectivity index (χ1v) is 6.46. The molecule has 1 fully saturated rings. The molecular weight excluding hydrogens is 226 g/mol. The number of likely N-dealkylation sites (tertiary alicyclic amines) is 1. The minimum atomic E-state index is -0.0375. The molecule has 1 saturated heterocycles. The van der Waals surface area contributed by atoms with E-state index >= 15 is 0 Å². The summed E-state index contributed by atoms with van der Waals surface area (Å²) in [7, 11) is 2.15. The summed E-state index contributed by atoms with van der Waals surface area (Å²) in [5.74, 6) is -0.0375. The molecule has 1 aromatic rings. The molecule has 1 aliphatic rings. The van der Waals surface area contributed by atoms with Crippen molar-refractivity contribution >= 4 is 17.3 Å². The van der Waals surface area contributed by atoms with Crippen LogP contribution in [0.3, 0.4) is 0 Å². The van der Waals surface area contributed by atoms with Crippen LogP contribution in [-0.4, -0.2) is 37.0 Å². The molecule has 2 N–H and O–H groups in total. The Kier molecular flexibility index (Phi) is 4.20. The molecule has 1 aliphatic heterocycles. The first kappa shape index (κ1) is 12.9. The van der Waals surface area contributed by atoms with Crippen molar-refractivity contribution in [2.75, 3.05) is 30.8 Å². The van der Waals surface area contributed by atoms with Crippen molar-refractivity contribution < 1.29 is 4.79 Å². The van der Waals surface area contributed by atoms with Gasteiger partial charge in [0.15, 0.2) is 0 Å². The van der Waals surface area contributed by atoms with Crippen LogP contribution >= 0.6 is 0 Å². The first-order valence-electron chi connectivity index (χ1n) is 6.46. The summed E-state index contributed by atoms with van der Waals surface area (Å²) >= 11 is 0. The quantitative estimate of drug-likeness (QED) is 0.860. The Labute approximate surface area is 108 Å². The maximum atomic E-state index is 11.0. The van der Waals surface area contributed by atoms with Crippen LogP contribution in [0.1, 0.15) is 19.8 Å². The summed E-state index contributed by atoms with van der Waals surface area (Å²) < 4.78 is 0. The van der Waals surface area contributed by atoms with Gasteiger partial charge < -0.3 is 15.5 Å². The Hall–Kier alpha value is -1.55. The van der Waals surface area contributed by atoms with Crippen LogP contribution in [0.5, 0.6) is 0 Å². The molecule has 0 spiro atoms. The van der Waals surface area contributed by atoms with E-state index in [1.54, 1.807) is 0 Å². The van der Waals surface area contributed by atoms with Gasteiger partial charge in [0.2, 0.25) is 5.91 Å². The van der Waals surface area contributed by atoms with E-state index in [1.165, 1.54) is 26.3 Å². The standard InChI is InChI=1S/C14H21N3O/c1-11(18)15-12-5-3-6-13(9-12)16-14-7-4-8-17(2)10-14/h3,5-6,9,14,16H,4,7-8,10H2,1-2H3,(H,15,18). The number of hydrogen-bond donors (Lipinski definition) is 2. The van der Waals surface area contributed by atoms with E-state index in [1.807, 2.05) is 24.3 Å². The molecule has 1 aromatic carbocycles. The molecule has 1 unspecified atom stereocenters. The van der Waals surface area contributed by atoms with E-state index < -0.39 is 0 Å². The topological polar surface area (TPSA) is 44.4 Å². The molecule has 0 aliphatic carbocycles. The third-order valence-corrected chi connectivity index (χ3v) is 3.18. The summed E-state index contributed by atoms with van der Waals surface area (Å²) in [6.45, 7) is 3.78. The lowest BCUT2D eigenvalue weighted by Crippen LogP contribution is -2.39. The smallest absolute Gasteiger partial charge is 0.221 e. The SMILES string of the molecule is CC(=O)Nc1cccc(NC2CCCN(C)C2)c1. The van der Waals surface area contributed by atoms with Crippen molar-refractivity contribution in [2.24, 2.45) is 0 Å². The van der Waals surface area contributed by atoms with Gasteiger partial charge in [0.05, 0.1) is 0 Å². The van der Waals surface area contributed by atoms with Crippen molar-refractivity contribution in [1.82, 2.24) is 4.90 Å². The molecule has 0 aromatic heterocycles. The van der Waals surface area contributed by atoms with Gasteiger partial charge in [-0.05, 0) is 44.6 Å². The molecule has 1 heterocycles. The second-order valence-corrected chi connectivity index (χ2v) is 5.01. The predicted octanol–water partition coefficient (Wildman–Crippen LogP) is 2.15. The van der Waals surface area contributed by atoms with Crippen LogP contribution in [0.15, 0.2) is 24.3 Å². The fourth-order valence-corrected chi connectivity index (χ4v) is 2.41. The molecule has 1 atom stereocenters. The van der Waals surface area contributed by atoms with Crippen molar-refractivity contribution in [3.63, 3.8) is 0 Å². The van der Waals surface area contributed by atoms with E-state index in [0.717, 1.165) is 17.9 Å². The number of nitrogens with zero attached hydrogens (tertiary/aromatic N) is 1. The van der Waals surface area contributed by atoms with Crippen molar-refractivity contribution in [2.45, 2.75) is 25.8 Å². The van der Waals surface area contributed by atoms with Gasteiger partial charge in [-0.2, -0.15) is 0 Å². The highest BCUT2D eigenvalue weighted by Gasteiger charge is 2.16. The number of piperidine rings is 1. The van der Waals surface area contributed by atoms with Crippen LogP contribution in [0.25, 0.3) is 0 Å². The number of rotatable bonds is 3. The number of amides is 1. The molecule has 1 amide bonds. The van der Waals surface area contributed by atoms with Crippen LogP contribution in [0.4, 0.5) is 11.4 Å². The maximum absolute atomic E-state index is 11.0. The summed E-state index contributed by atoms with van der Waals surface area (Å²) in [5.41, 5.74) is 1.92. The molecule has 0 bridgehead atoms. The highest BCUT2D eigenvalue weighted by molar-refractivity contribution is 5.89. The maximum Gasteiger partial charge on any atom is 0.221 e. The highest BCUT2D eigenvalue weighted by Crippen LogP contribution is 2.18. The van der Waals surface area contributed by atoms with E-state index in [9.17, 15) is 4.79 Å². The molecule has 4 heteroatoms. The third kappa shape index (κ3) is 3.74. The average molecular weight is 247 g/mol. The van der Waals surface area contributed by atoms with Crippen molar-refractivity contribution in [3.05, 3.63) is 24.3 Å². The zero-order chi connectivity index (χ0) is 13.0. The number of likely N-dealkylation sites (N-methyl/N-ethyl adjacent to an activating group) is 1. The van der Waals surface area contributed by atoms with Crippen LogP contribution in [0, 0.1) is 0 Å².